The van der Waals surface area contributed by atoms with Gasteiger partial charge in [-0.3, -0.25) is 0 Å². The molecule has 1 aliphatic rings. The van der Waals surface area contributed by atoms with Crippen molar-refractivity contribution in [2.45, 2.75) is 116 Å². The van der Waals surface area contributed by atoms with Gasteiger partial charge in [0, 0.05) is 0 Å². The van der Waals surface area contributed by atoms with Crippen LogP contribution in [0.25, 0.3) is 0 Å². The highest BCUT2D eigenvalue weighted by atomic mass is 14.0. The Balaban J connectivity index is 2.00. The summed E-state index contributed by atoms with van der Waals surface area (Å²) < 4.78 is 0. The summed E-state index contributed by atoms with van der Waals surface area (Å²) in [6.07, 6.45) is 27.0. The van der Waals surface area contributed by atoms with Crippen LogP contribution in [0.2, 0.25) is 0 Å². The van der Waals surface area contributed by atoms with Crippen molar-refractivity contribution in [2.24, 2.45) is 0 Å². The van der Waals surface area contributed by atoms with Crippen LogP contribution in [-0.2, 0) is 0 Å². The standard InChI is InChI=1S/C18H36/c1-2-4-6-8-10-12-14-16-18-17-15-13-11-9-7-5-3-1/h1-18H2. The van der Waals surface area contributed by atoms with Crippen LogP contribution in [0.3, 0.4) is 0 Å². The Morgan fingerprint density at radius 1 is 0.111 bits per heavy atom. The molecule has 1 saturated carbocycles. The monoisotopic (exact) mass is 252 g/mol. The fourth-order valence-corrected chi connectivity index (χ4v) is 3.18. The van der Waals surface area contributed by atoms with Gasteiger partial charge in [0.05, 0.1) is 0 Å². The molecule has 108 valence electrons. The zero-order valence-corrected chi connectivity index (χ0v) is 12.7. The maximum Gasteiger partial charge on any atom is -0.0533 e. The molecule has 0 aromatic heterocycles. The van der Waals surface area contributed by atoms with E-state index in [9.17, 15) is 0 Å². The van der Waals surface area contributed by atoms with Gasteiger partial charge < -0.3 is 0 Å². The van der Waals surface area contributed by atoms with Crippen LogP contribution in [0.4, 0.5) is 0 Å². The molecule has 0 nitrogen and oxygen atoms in total. The molecule has 0 radical (unpaired) electrons. The topological polar surface area (TPSA) is 0 Å². The molecule has 0 aromatic carbocycles. The van der Waals surface area contributed by atoms with Crippen molar-refractivity contribution >= 4 is 0 Å². The van der Waals surface area contributed by atoms with Crippen molar-refractivity contribution in [1.82, 2.24) is 0 Å². The van der Waals surface area contributed by atoms with Gasteiger partial charge in [-0.25, -0.2) is 0 Å². The fraction of sp³-hybridized carbons (Fsp3) is 1.00. The van der Waals surface area contributed by atoms with Crippen molar-refractivity contribution < 1.29 is 0 Å². The zero-order valence-electron chi connectivity index (χ0n) is 12.7. The minimum Gasteiger partial charge on any atom is -0.0533 e. The van der Waals surface area contributed by atoms with Crippen LogP contribution in [0, 0.1) is 0 Å². The normalized spacial score (nSPS) is 24.0. The SMILES string of the molecule is C1CCCCCCCCCCCCCCCCC1. The maximum absolute atomic E-state index is 1.50. The Morgan fingerprint density at radius 3 is 0.222 bits per heavy atom. The van der Waals surface area contributed by atoms with E-state index in [0.717, 1.165) is 0 Å². The smallest absolute Gasteiger partial charge is 0.0533 e. The Bertz CT molecular complexity index is 75.1. The summed E-state index contributed by atoms with van der Waals surface area (Å²) in [6.45, 7) is 0. The predicted molar refractivity (Wildman–Crippen MR) is 83.1 cm³/mol. The molecule has 1 rings (SSSR count). The molecule has 0 aromatic rings. The van der Waals surface area contributed by atoms with Crippen LogP contribution < -0.4 is 0 Å². The largest absolute Gasteiger partial charge is 0.0533 e. The first-order valence-electron chi connectivity index (χ1n) is 9.00. The summed E-state index contributed by atoms with van der Waals surface area (Å²) in [5, 5.41) is 0. The van der Waals surface area contributed by atoms with Gasteiger partial charge in [0.1, 0.15) is 0 Å². The first-order chi connectivity index (χ1) is 9.00. The zero-order chi connectivity index (χ0) is 12.7. The van der Waals surface area contributed by atoms with E-state index in [0.29, 0.717) is 0 Å². The summed E-state index contributed by atoms with van der Waals surface area (Å²) in [4.78, 5) is 0. The Morgan fingerprint density at radius 2 is 0.167 bits per heavy atom. The molecule has 0 N–H and O–H groups in total. The number of rotatable bonds is 0. The minimum absolute atomic E-state index is 1.50. The van der Waals surface area contributed by atoms with E-state index < -0.39 is 0 Å². The first-order valence-corrected chi connectivity index (χ1v) is 9.00. The Labute approximate surface area is 116 Å². The molecule has 0 saturated heterocycles. The quantitative estimate of drug-likeness (QED) is 0.434. The lowest BCUT2D eigenvalue weighted by atomic mass is 10.0. The Hall–Kier alpha value is 0. The minimum atomic E-state index is 1.50. The van der Waals surface area contributed by atoms with E-state index in [1.807, 2.05) is 0 Å². The van der Waals surface area contributed by atoms with Crippen LogP contribution in [-0.4, -0.2) is 0 Å². The van der Waals surface area contributed by atoms with Gasteiger partial charge in [0.25, 0.3) is 0 Å². The second-order valence-electron chi connectivity index (χ2n) is 6.36. The molecule has 0 heteroatoms. The van der Waals surface area contributed by atoms with Crippen molar-refractivity contribution in [3.8, 4) is 0 Å². The molecule has 1 fully saturated rings. The van der Waals surface area contributed by atoms with Gasteiger partial charge in [0.15, 0.2) is 0 Å². The van der Waals surface area contributed by atoms with Crippen molar-refractivity contribution in [1.29, 1.82) is 0 Å². The summed E-state index contributed by atoms with van der Waals surface area (Å²) in [5.74, 6) is 0. The summed E-state index contributed by atoms with van der Waals surface area (Å²) in [6, 6.07) is 0. The highest BCUT2D eigenvalue weighted by Crippen LogP contribution is 2.16. The van der Waals surface area contributed by atoms with Gasteiger partial charge in [-0.1, -0.05) is 116 Å². The fourth-order valence-electron chi connectivity index (χ4n) is 3.18. The first kappa shape index (κ1) is 16.1. The van der Waals surface area contributed by atoms with Crippen LogP contribution in [0.5, 0.6) is 0 Å². The highest BCUT2D eigenvalue weighted by molar-refractivity contribution is 4.52. The van der Waals surface area contributed by atoms with E-state index in [1.54, 1.807) is 0 Å². The average Bonchev–Trinajstić information content (AvgIpc) is 2.39. The van der Waals surface area contributed by atoms with Crippen LogP contribution >= 0.6 is 0 Å². The van der Waals surface area contributed by atoms with E-state index in [1.165, 1.54) is 116 Å². The van der Waals surface area contributed by atoms with E-state index in [-0.39, 0.29) is 0 Å². The van der Waals surface area contributed by atoms with E-state index >= 15 is 0 Å². The summed E-state index contributed by atoms with van der Waals surface area (Å²) in [5.41, 5.74) is 0. The molecule has 18 heavy (non-hydrogen) atoms. The molecular formula is C18H36. The van der Waals surface area contributed by atoms with E-state index in [2.05, 4.69) is 0 Å². The van der Waals surface area contributed by atoms with Gasteiger partial charge >= 0.3 is 0 Å². The van der Waals surface area contributed by atoms with Crippen molar-refractivity contribution in [2.75, 3.05) is 0 Å². The third kappa shape index (κ3) is 11.1. The van der Waals surface area contributed by atoms with E-state index in [4.69, 9.17) is 0 Å². The van der Waals surface area contributed by atoms with Gasteiger partial charge in [-0.2, -0.15) is 0 Å². The highest BCUT2D eigenvalue weighted by Gasteiger charge is 1.96. The van der Waals surface area contributed by atoms with Crippen LogP contribution in [0.15, 0.2) is 0 Å². The molecule has 0 bridgehead atoms. The van der Waals surface area contributed by atoms with Crippen LogP contribution in [0.1, 0.15) is 116 Å². The maximum atomic E-state index is 1.50. The lowest BCUT2D eigenvalue weighted by Gasteiger charge is -2.05. The van der Waals surface area contributed by atoms with Gasteiger partial charge in [-0.15, -0.1) is 0 Å². The second-order valence-corrected chi connectivity index (χ2v) is 6.36. The molecule has 0 atom stereocenters. The lowest BCUT2D eigenvalue weighted by molar-refractivity contribution is 0.504. The molecule has 0 heterocycles. The van der Waals surface area contributed by atoms with Gasteiger partial charge in [0.2, 0.25) is 0 Å². The third-order valence-corrected chi connectivity index (χ3v) is 4.50. The summed E-state index contributed by atoms with van der Waals surface area (Å²) in [7, 11) is 0. The van der Waals surface area contributed by atoms with Gasteiger partial charge in [-0.05, 0) is 0 Å². The number of hydrogen-bond donors (Lipinski definition) is 0. The molecule has 0 aliphatic heterocycles. The number of hydrogen-bond acceptors (Lipinski definition) is 0. The third-order valence-electron chi connectivity index (χ3n) is 4.50. The molecule has 1 aliphatic carbocycles. The Kier molecular flexibility index (Phi) is 12.0. The summed E-state index contributed by atoms with van der Waals surface area (Å²) >= 11 is 0. The van der Waals surface area contributed by atoms with Crippen molar-refractivity contribution in [3.63, 3.8) is 0 Å². The average molecular weight is 252 g/mol. The van der Waals surface area contributed by atoms with Crippen molar-refractivity contribution in [3.05, 3.63) is 0 Å². The predicted octanol–water partition coefficient (Wildman–Crippen LogP) is 7.02. The lowest BCUT2D eigenvalue weighted by Crippen LogP contribution is -1.85. The molecule has 0 unspecified atom stereocenters. The molecular weight excluding hydrogens is 216 g/mol. The molecule has 0 amide bonds. The second kappa shape index (κ2) is 13.4. The molecule has 0 spiro atoms.